The van der Waals surface area contributed by atoms with E-state index in [0.29, 0.717) is 5.33 Å². The normalized spacial score (nSPS) is 26.6. The fourth-order valence-corrected chi connectivity index (χ4v) is 1.66. The summed E-state index contributed by atoms with van der Waals surface area (Å²) in [6.45, 7) is 0. The van der Waals surface area contributed by atoms with Crippen LogP contribution in [0.3, 0.4) is 0 Å². The van der Waals surface area contributed by atoms with Crippen molar-refractivity contribution in [3.8, 4) is 6.07 Å². The summed E-state index contributed by atoms with van der Waals surface area (Å²) in [4.78, 5) is 0. The van der Waals surface area contributed by atoms with Crippen LogP contribution in [0.5, 0.6) is 0 Å². The van der Waals surface area contributed by atoms with Gasteiger partial charge >= 0.3 is 0 Å². The van der Waals surface area contributed by atoms with Crippen molar-refractivity contribution >= 4 is 15.9 Å². The molecule has 1 fully saturated rings. The maximum absolute atomic E-state index is 12.2. The van der Waals surface area contributed by atoms with Gasteiger partial charge in [0.1, 0.15) is 0 Å². The first-order chi connectivity index (χ1) is 4.54. The van der Waals surface area contributed by atoms with Crippen molar-refractivity contribution in [1.82, 2.24) is 0 Å². The van der Waals surface area contributed by atoms with Crippen LogP contribution in [0, 0.1) is 16.7 Å². The lowest BCUT2D eigenvalue weighted by Gasteiger charge is -2.40. The third-order valence-corrected chi connectivity index (χ3v) is 2.76. The van der Waals surface area contributed by atoms with Crippen molar-refractivity contribution in [2.24, 2.45) is 5.41 Å². The van der Waals surface area contributed by atoms with Crippen molar-refractivity contribution in [2.75, 3.05) is 5.33 Å². The van der Waals surface area contributed by atoms with Gasteiger partial charge in [-0.1, -0.05) is 15.9 Å². The van der Waals surface area contributed by atoms with Gasteiger partial charge in [0.15, 0.2) is 0 Å². The highest BCUT2D eigenvalue weighted by atomic mass is 79.9. The molecule has 0 spiro atoms. The average Bonchev–Trinajstić information content (AvgIpc) is 1.82. The number of alkyl halides is 3. The lowest BCUT2D eigenvalue weighted by atomic mass is 9.69. The molecule has 0 bridgehead atoms. The summed E-state index contributed by atoms with van der Waals surface area (Å²) in [7, 11) is 0. The van der Waals surface area contributed by atoms with Crippen molar-refractivity contribution in [1.29, 1.82) is 5.26 Å². The Labute approximate surface area is 66.1 Å². The molecule has 0 aromatic rings. The lowest BCUT2D eigenvalue weighted by molar-refractivity contribution is -0.129. The SMILES string of the molecule is N#CC1(CBr)CC(F)(F)C1. The molecule has 0 aliphatic heterocycles. The van der Waals surface area contributed by atoms with Crippen LogP contribution in [0.2, 0.25) is 0 Å². The van der Waals surface area contributed by atoms with Crippen molar-refractivity contribution in [3.63, 3.8) is 0 Å². The van der Waals surface area contributed by atoms with Gasteiger partial charge in [-0.05, 0) is 0 Å². The van der Waals surface area contributed by atoms with E-state index in [-0.39, 0.29) is 12.8 Å². The fraction of sp³-hybridized carbons (Fsp3) is 0.833. The van der Waals surface area contributed by atoms with Gasteiger partial charge in [0.05, 0.1) is 11.5 Å². The molecule has 1 aliphatic carbocycles. The minimum absolute atomic E-state index is 0.290. The predicted octanol–water partition coefficient (Wildman–Crippen LogP) is 2.32. The summed E-state index contributed by atoms with van der Waals surface area (Å²) >= 11 is 3.04. The first-order valence-electron chi connectivity index (χ1n) is 2.89. The minimum atomic E-state index is -2.59. The van der Waals surface area contributed by atoms with Gasteiger partial charge in [-0.15, -0.1) is 0 Å². The van der Waals surface area contributed by atoms with Gasteiger partial charge < -0.3 is 0 Å². The molecule has 0 saturated heterocycles. The molecule has 0 aromatic heterocycles. The maximum Gasteiger partial charge on any atom is 0.251 e. The average molecular weight is 210 g/mol. The Balaban J connectivity index is 2.57. The molecule has 0 heterocycles. The third-order valence-electron chi connectivity index (χ3n) is 1.69. The maximum atomic E-state index is 12.2. The Hall–Kier alpha value is -0.170. The van der Waals surface area contributed by atoms with E-state index in [9.17, 15) is 8.78 Å². The van der Waals surface area contributed by atoms with E-state index >= 15 is 0 Å². The van der Waals surface area contributed by atoms with Crippen molar-refractivity contribution in [3.05, 3.63) is 0 Å². The van der Waals surface area contributed by atoms with Crippen LogP contribution in [0.15, 0.2) is 0 Å². The zero-order valence-corrected chi connectivity index (χ0v) is 6.79. The zero-order chi connectivity index (χ0) is 7.83. The highest BCUT2D eigenvalue weighted by molar-refractivity contribution is 9.09. The molecule has 0 unspecified atom stereocenters. The molecule has 1 aliphatic rings. The van der Waals surface area contributed by atoms with Crippen LogP contribution in [0.25, 0.3) is 0 Å². The molecule has 0 amide bonds. The van der Waals surface area contributed by atoms with Gasteiger partial charge in [0, 0.05) is 18.2 Å². The monoisotopic (exact) mass is 209 g/mol. The molecule has 1 nitrogen and oxygen atoms in total. The molecule has 10 heavy (non-hydrogen) atoms. The van der Waals surface area contributed by atoms with Crippen LogP contribution in [0.1, 0.15) is 12.8 Å². The van der Waals surface area contributed by atoms with Crippen LogP contribution >= 0.6 is 15.9 Å². The van der Waals surface area contributed by atoms with Crippen molar-refractivity contribution < 1.29 is 8.78 Å². The highest BCUT2D eigenvalue weighted by Gasteiger charge is 2.56. The number of hydrogen-bond acceptors (Lipinski definition) is 1. The summed E-state index contributed by atoms with van der Waals surface area (Å²) in [5.74, 6) is -2.59. The van der Waals surface area contributed by atoms with Crippen molar-refractivity contribution in [2.45, 2.75) is 18.8 Å². The molecule has 0 radical (unpaired) electrons. The number of nitrogens with zero attached hydrogens (tertiary/aromatic N) is 1. The van der Waals surface area contributed by atoms with Crippen LogP contribution in [0.4, 0.5) is 8.78 Å². The molecule has 1 rings (SSSR count). The summed E-state index contributed by atoms with van der Waals surface area (Å²) in [6.07, 6.45) is -0.580. The first-order valence-corrected chi connectivity index (χ1v) is 4.01. The van der Waals surface area contributed by atoms with E-state index in [1.165, 1.54) is 0 Å². The van der Waals surface area contributed by atoms with Crippen LogP contribution in [-0.2, 0) is 0 Å². The number of halogens is 3. The standard InChI is InChI=1S/C6H6BrF2N/c7-3-5(4-10)1-6(8,9)2-5/h1-3H2. The quantitative estimate of drug-likeness (QED) is 0.609. The molecular formula is C6H6BrF2N. The molecular weight excluding hydrogens is 204 g/mol. The van der Waals surface area contributed by atoms with Gasteiger partial charge in [-0.25, -0.2) is 8.78 Å². The Morgan fingerprint density at radius 1 is 1.50 bits per heavy atom. The molecule has 0 N–H and O–H groups in total. The topological polar surface area (TPSA) is 23.8 Å². The smallest absolute Gasteiger partial charge is 0.207 e. The van der Waals surface area contributed by atoms with E-state index in [4.69, 9.17) is 5.26 Å². The summed E-state index contributed by atoms with van der Waals surface area (Å²) in [5, 5.41) is 8.81. The summed E-state index contributed by atoms with van der Waals surface area (Å²) < 4.78 is 24.5. The Morgan fingerprint density at radius 3 is 2.10 bits per heavy atom. The number of nitriles is 1. The first kappa shape index (κ1) is 7.93. The highest BCUT2D eigenvalue weighted by Crippen LogP contribution is 2.52. The second-order valence-electron chi connectivity index (χ2n) is 2.74. The van der Waals surface area contributed by atoms with Crippen LogP contribution in [-0.4, -0.2) is 11.3 Å². The lowest BCUT2D eigenvalue weighted by Crippen LogP contribution is -2.46. The second-order valence-corrected chi connectivity index (χ2v) is 3.30. The van der Waals surface area contributed by atoms with Crippen LogP contribution < -0.4 is 0 Å². The molecule has 1 saturated carbocycles. The van der Waals surface area contributed by atoms with Gasteiger partial charge in [-0.2, -0.15) is 5.26 Å². The van der Waals surface area contributed by atoms with E-state index in [0.717, 1.165) is 0 Å². The minimum Gasteiger partial charge on any atom is -0.207 e. The molecule has 0 aromatic carbocycles. The molecule has 56 valence electrons. The number of hydrogen-bond donors (Lipinski definition) is 0. The Bertz CT molecular complexity index is 177. The Morgan fingerprint density at radius 2 is 2.00 bits per heavy atom. The summed E-state index contributed by atoms with van der Waals surface area (Å²) in [5.41, 5.74) is -0.788. The second kappa shape index (κ2) is 2.16. The van der Waals surface area contributed by atoms with Gasteiger partial charge in [0.2, 0.25) is 0 Å². The third kappa shape index (κ3) is 1.15. The molecule has 4 heteroatoms. The Kier molecular flexibility index (Phi) is 1.71. The predicted molar refractivity (Wildman–Crippen MR) is 36.0 cm³/mol. The largest absolute Gasteiger partial charge is 0.251 e. The molecule has 0 atom stereocenters. The van der Waals surface area contributed by atoms with E-state index in [1.807, 2.05) is 6.07 Å². The van der Waals surface area contributed by atoms with Gasteiger partial charge in [0.25, 0.3) is 5.92 Å². The summed E-state index contributed by atoms with van der Waals surface area (Å²) in [6, 6.07) is 1.89. The van der Waals surface area contributed by atoms with Gasteiger partial charge in [-0.3, -0.25) is 0 Å². The van der Waals surface area contributed by atoms with E-state index in [1.54, 1.807) is 0 Å². The fourth-order valence-electron chi connectivity index (χ4n) is 1.14. The van der Waals surface area contributed by atoms with E-state index < -0.39 is 11.3 Å². The van der Waals surface area contributed by atoms with E-state index in [2.05, 4.69) is 15.9 Å². The number of rotatable bonds is 1. The zero-order valence-electron chi connectivity index (χ0n) is 5.20.